The Morgan fingerprint density at radius 2 is 1.95 bits per heavy atom. The van der Waals surface area contributed by atoms with E-state index >= 15 is 0 Å². The molecule has 0 spiro atoms. The van der Waals surface area contributed by atoms with Crippen molar-refractivity contribution in [2.45, 2.75) is 11.0 Å². The predicted molar refractivity (Wildman–Crippen MR) is 61.9 cm³/mol. The van der Waals surface area contributed by atoms with Crippen LogP contribution in [0.5, 0.6) is 0 Å². The first-order valence-corrected chi connectivity index (χ1v) is 7.06. The third kappa shape index (κ3) is 3.08. The lowest BCUT2D eigenvalue weighted by Crippen LogP contribution is -2.46. The molecule has 1 aliphatic rings. The molecule has 5 nitrogen and oxygen atoms in total. The van der Waals surface area contributed by atoms with Gasteiger partial charge in [0.15, 0.2) is 0 Å². The third-order valence-electron chi connectivity index (χ3n) is 2.78. The molecule has 106 valence electrons. The lowest BCUT2D eigenvalue weighted by Gasteiger charge is -2.31. The minimum absolute atomic E-state index is 0.0447. The lowest BCUT2D eigenvalue weighted by molar-refractivity contribution is -0.0304. The van der Waals surface area contributed by atoms with E-state index in [9.17, 15) is 17.2 Å². The standard InChI is InChI=1S/C11H13F2NO4S/c12-8-3-9(13)5-11(4-8)19(16,17)14-1-2-18-10(6-14)7-15/h3-5,10,15H,1-2,6-7H2. The van der Waals surface area contributed by atoms with Gasteiger partial charge >= 0.3 is 0 Å². The van der Waals surface area contributed by atoms with Crippen molar-refractivity contribution in [2.75, 3.05) is 26.3 Å². The second-order valence-corrected chi connectivity index (χ2v) is 6.08. The number of halogens is 2. The summed E-state index contributed by atoms with van der Waals surface area (Å²) in [5, 5.41) is 8.97. The topological polar surface area (TPSA) is 66.8 Å². The van der Waals surface area contributed by atoms with E-state index < -0.39 is 32.7 Å². The summed E-state index contributed by atoms with van der Waals surface area (Å²) in [4.78, 5) is -0.441. The summed E-state index contributed by atoms with van der Waals surface area (Å²) in [6, 6.07) is 2.14. The molecule has 2 rings (SSSR count). The summed E-state index contributed by atoms with van der Waals surface area (Å²) in [5.41, 5.74) is 0. The van der Waals surface area contributed by atoms with E-state index in [0.717, 1.165) is 16.4 Å². The Kier molecular flexibility index (Phi) is 4.14. The summed E-state index contributed by atoms with van der Waals surface area (Å²) in [7, 11) is -3.99. The highest BCUT2D eigenvalue weighted by molar-refractivity contribution is 7.89. The van der Waals surface area contributed by atoms with Crippen LogP contribution in [0.15, 0.2) is 23.1 Å². The van der Waals surface area contributed by atoms with Crippen molar-refractivity contribution in [3.63, 3.8) is 0 Å². The van der Waals surface area contributed by atoms with Crippen molar-refractivity contribution in [1.29, 1.82) is 0 Å². The molecule has 1 aliphatic heterocycles. The average molecular weight is 293 g/mol. The zero-order valence-electron chi connectivity index (χ0n) is 9.92. The quantitative estimate of drug-likeness (QED) is 0.873. The average Bonchev–Trinajstić information content (AvgIpc) is 2.37. The fourth-order valence-corrected chi connectivity index (χ4v) is 3.35. The number of morpholine rings is 1. The maximum Gasteiger partial charge on any atom is 0.243 e. The van der Waals surface area contributed by atoms with E-state index in [1.165, 1.54) is 0 Å². The Morgan fingerprint density at radius 1 is 1.32 bits per heavy atom. The van der Waals surface area contributed by atoms with Crippen LogP contribution in [0.1, 0.15) is 0 Å². The minimum Gasteiger partial charge on any atom is -0.394 e. The van der Waals surface area contributed by atoms with E-state index in [1.54, 1.807) is 0 Å². The molecule has 1 saturated heterocycles. The maximum absolute atomic E-state index is 13.1. The van der Waals surface area contributed by atoms with Crippen molar-refractivity contribution in [1.82, 2.24) is 4.31 Å². The van der Waals surface area contributed by atoms with Crippen molar-refractivity contribution in [3.8, 4) is 0 Å². The van der Waals surface area contributed by atoms with Gasteiger partial charge in [-0.15, -0.1) is 0 Å². The number of nitrogens with zero attached hydrogens (tertiary/aromatic N) is 1. The molecule has 1 atom stereocenters. The molecule has 1 aromatic carbocycles. The first-order chi connectivity index (χ1) is 8.93. The van der Waals surface area contributed by atoms with Gasteiger partial charge in [0.05, 0.1) is 24.2 Å². The van der Waals surface area contributed by atoms with Crippen LogP contribution in [0.25, 0.3) is 0 Å². The Labute approximate surface area is 109 Å². The molecular formula is C11H13F2NO4S. The molecule has 0 aromatic heterocycles. The van der Waals surface area contributed by atoms with E-state index in [1.807, 2.05) is 0 Å². The Hall–Kier alpha value is -1.09. The molecule has 0 bridgehead atoms. The van der Waals surface area contributed by atoms with E-state index in [4.69, 9.17) is 9.84 Å². The number of hydrogen-bond donors (Lipinski definition) is 1. The van der Waals surface area contributed by atoms with Gasteiger partial charge in [0.25, 0.3) is 0 Å². The maximum atomic E-state index is 13.1. The fraction of sp³-hybridized carbons (Fsp3) is 0.455. The lowest BCUT2D eigenvalue weighted by atomic mass is 10.3. The van der Waals surface area contributed by atoms with Gasteiger partial charge in [-0.1, -0.05) is 0 Å². The fourth-order valence-electron chi connectivity index (χ4n) is 1.85. The predicted octanol–water partition coefficient (Wildman–Crippen LogP) is 0.347. The number of benzene rings is 1. The first-order valence-electron chi connectivity index (χ1n) is 5.62. The Morgan fingerprint density at radius 3 is 2.53 bits per heavy atom. The van der Waals surface area contributed by atoms with Crippen LogP contribution in [0.2, 0.25) is 0 Å². The van der Waals surface area contributed by atoms with E-state index in [-0.39, 0.29) is 26.3 Å². The number of ether oxygens (including phenoxy) is 1. The molecule has 19 heavy (non-hydrogen) atoms. The number of aliphatic hydroxyl groups is 1. The highest BCUT2D eigenvalue weighted by Gasteiger charge is 2.31. The number of rotatable bonds is 3. The van der Waals surface area contributed by atoms with Gasteiger partial charge in [-0.05, 0) is 12.1 Å². The molecule has 0 radical (unpaired) electrons. The summed E-state index contributed by atoms with van der Waals surface area (Å²) >= 11 is 0. The monoisotopic (exact) mass is 293 g/mol. The SMILES string of the molecule is O=S(=O)(c1cc(F)cc(F)c1)N1CCOC(CO)C1. The molecule has 8 heteroatoms. The summed E-state index contributed by atoms with van der Waals surface area (Å²) in [6.45, 7) is -0.153. The van der Waals surface area contributed by atoms with Gasteiger partial charge < -0.3 is 9.84 Å². The first kappa shape index (κ1) is 14.3. The normalized spacial score (nSPS) is 21.5. The summed E-state index contributed by atoms with van der Waals surface area (Å²) in [5.74, 6) is -1.91. The van der Waals surface area contributed by atoms with Crippen LogP contribution in [-0.4, -0.2) is 50.2 Å². The summed E-state index contributed by atoms with van der Waals surface area (Å²) in [6.07, 6.45) is -0.623. The van der Waals surface area contributed by atoms with Crippen molar-refractivity contribution >= 4 is 10.0 Å². The Bertz CT molecular complexity index is 544. The van der Waals surface area contributed by atoms with E-state index in [0.29, 0.717) is 6.07 Å². The smallest absolute Gasteiger partial charge is 0.243 e. The zero-order valence-corrected chi connectivity index (χ0v) is 10.7. The number of hydrogen-bond acceptors (Lipinski definition) is 4. The number of aliphatic hydroxyl groups excluding tert-OH is 1. The third-order valence-corrected chi connectivity index (χ3v) is 4.62. The van der Waals surface area contributed by atoms with Crippen LogP contribution in [0, 0.1) is 11.6 Å². The molecule has 1 heterocycles. The molecule has 0 saturated carbocycles. The molecule has 1 unspecified atom stereocenters. The highest BCUT2D eigenvalue weighted by Crippen LogP contribution is 2.20. The van der Waals surface area contributed by atoms with Crippen molar-refractivity contribution in [2.24, 2.45) is 0 Å². The van der Waals surface area contributed by atoms with Gasteiger partial charge in [-0.25, -0.2) is 17.2 Å². The van der Waals surface area contributed by atoms with Crippen LogP contribution >= 0.6 is 0 Å². The van der Waals surface area contributed by atoms with Gasteiger partial charge in [-0.3, -0.25) is 0 Å². The molecule has 0 aliphatic carbocycles. The van der Waals surface area contributed by atoms with Crippen molar-refractivity contribution in [3.05, 3.63) is 29.8 Å². The largest absolute Gasteiger partial charge is 0.394 e. The second-order valence-electron chi connectivity index (χ2n) is 4.14. The van der Waals surface area contributed by atoms with Crippen LogP contribution in [-0.2, 0) is 14.8 Å². The van der Waals surface area contributed by atoms with Crippen LogP contribution in [0.3, 0.4) is 0 Å². The van der Waals surface area contributed by atoms with Gasteiger partial charge in [-0.2, -0.15) is 4.31 Å². The molecule has 0 amide bonds. The van der Waals surface area contributed by atoms with E-state index in [2.05, 4.69) is 0 Å². The molecule has 1 fully saturated rings. The highest BCUT2D eigenvalue weighted by atomic mass is 32.2. The minimum atomic E-state index is -3.99. The number of sulfonamides is 1. The molecular weight excluding hydrogens is 280 g/mol. The van der Waals surface area contributed by atoms with Gasteiger partial charge in [0, 0.05) is 19.2 Å². The zero-order chi connectivity index (χ0) is 14.0. The second kappa shape index (κ2) is 5.49. The molecule has 1 N–H and O–H groups in total. The van der Waals surface area contributed by atoms with Gasteiger partial charge in [0.1, 0.15) is 11.6 Å². The molecule has 1 aromatic rings. The Balaban J connectivity index is 2.31. The summed E-state index contributed by atoms with van der Waals surface area (Å²) < 4.78 is 56.8. The van der Waals surface area contributed by atoms with Crippen LogP contribution in [0.4, 0.5) is 8.78 Å². The van der Waals surface area contributed by atoms with Gasteiger partial charge in [0.2, 0.25) is 10.0 Å². The van der Waals surface area contributed by atoms with Crippen LogP contribution < -0.4 is 0 Å². The van der Waals surface area contributed by atoms with Crippen molar-refractivity contribution < 1.29 is 27.0 Å².